The van der Waals surface area contributed by atoms with E-state index in [0.717, 1.165) is 11.1 Å². The number of nitrogens with one attached hydrogen (secondary N) is 1. The van der Waals surface area contributed by atoms with E-state index in [0.29, 0.717) is 28.3 Å². The Bertz CT molecular complexity index is 790. The van der Waals surface area contributed by atoms with Gasteiger partial charge in [-0.25, -0.2) is 0 Å². The van der Waals surface area contributed by atoms with Gasteiger partial charge in [0, 0.05) is 21.7 Å². The fourth-order valence-electron chi connectivity index (χ4n) is 2.23. The van der Waals surface area contributed by atoms with Gasteiger partial charge in [0.1, 0.15) is 0 Å². The minimum absolute atomic E-state index is 0.0341. The van der Waals surface area contributed by atoms with Crippen LogP contribution in [0.25, 0.3) is 11.4 Å². The highest BCUT2D eigenvalue weighted by molar-refractivity contribution is 6.35. The number of nitrogens with zero attached hydrogens (tertiary/aromatic N) is 2. The molecule has 6 heteroatoms. The summed E-state index contributed by atoms with van der Waals surface area (Å²) in [4.78, 5) is 4.39. The predicted molar refractivity (Wildman–Crippen MR) is 91.5 cm³/mol. The summed E-state index contributed by atoms with van der Waals surface area (Å²) in [6.07, 6.45) is 0. The van der Waals surface area contributed by atoms with E-state index in [-0.39, 0.29) is 6.04 Å². The van der Waals surface area contributed by atoms with Crippen LogP contribution in [0.5, 0.6) is 0 Å². The highest BCUT2D eigenvalue weighted by atomic mass is 35.5. The molecule has 118 valence electrons. The summed E-state index contributed by atoms with van der Waals surface area (Å²) in [5.74, 6) is 1.11. The lowest BCUT2D eigenvalue weighted by Crippen LogP contribution is -2.18. The molecule has 4 nitrogen and oxygen atoms in total. The molecule has 3 aromatic rings. The zero-order chi connectivity index (χ0) is 16.2. The van der Waals surface area contributed by atoms with Gasteiger partial charge in [-0.05, 0) is 24.6 Å². The van der Waals surface area contributed by atoms with Crippen molar-refractivity contribution in [1.82, 2.24) is 15.5 Å². The molecular formula is C17H15Cl2N3O. The zero-order valence-corrected chi connectivity index (χ0v) is 14.0. The second-order valence-corrected chi connectivity index (χ2v) is 5.99. The molecule has 0 aliphatic rings. The number of hydrogen-bond donors (Lipinski definition) is 1. The Kier molecular flexibility index (Phi) is 4.96. The first-order valence-corrected chi connectivity index (χ1v) is 7.95. The molecule has 0 aliphatic heterocycles. The Morgan fingerprint density at radius 2 is 1.91 bits per heavy atom. The smallest absolute Gasteiger partial charge is 0.240 e. The molecule has 0 saturated heterocycles. The van der Waals surface area contributed by atoms with Gasteiger partial charge in [0.25, 0.3) is 0 Å². The standard InChI is InChI=1S/C17H15Cl2N3O/c1-11(14-8-7-13(18)9-15(14)19)20-10-16-21-17(22-23-16)12-5-3-2-4-6-12/h2-9,11,20H,10H2,1H3/t11-/m0/s1. The summed E-state index contributed by atoms with van der Waals surface area (Å²) in [6.45, 7) is 2.48. The van der Waals surface area contributed by atoms with E-state index in [2.05, 4.69) is 15.5 Å². The Hall–Kier alpha value is -1.88. The maximum atomic E-state index is 6.21. The molecule has 1 aromatic heterocycles. The Morgan fingerprint density at radius 3 is 2.65 bits per heavy atom. The first-order valence-electron chi connectivity index (χ1n) is 7.20. The molecule has 0 saturated carbocycles. The first-order chi connectivity index (χ1) is 11.1. The minimum Gasteiger partial charge on any atom is -0.338 e. The van der Waals surface area contributed by atoms with Crippen LogP contribution in [0.1, 0.15) is 24.4 Å². The van der Waals surface area contributed by atoms with Crippen molar-refractivity contribution in [1.29, 1.82) is 0 Å². The summed E-state index contributed by atoms with van der Waals surface area (Å²) in [5.41, 5.74) is 1.90. The van der Waals surface area contributed by atoms with Gasteiger partial charge in [0.05, 0.1) is 6.54 Å². The maximum Gasteiger partial charge on any atom is 0.240 e. The van der Waals surface area contributed by atoms with Crippen molar-refractivity contribution in [3.05, 3.63) is 70.0 Å². The molecule has 0 amide bonds. The fraction of sp³-hybridized carbons (Fsp3) is 0.176. The van der Waals surface area contributed by atoms with Gasteiger partial charge in [-0.2, -0.15) is 4.98 Å². The molecule has 1 atom stereocenters. The highest BCUT2D eigenvalue weighted by Crippen LogP contribution is 2.26. The van der Waals surface area contributed by atoms with Gasteiger partial charge in [-0.3, -0.25) is 0 Å². The quantitative estimate of drug-likeness (QED) is 0.713. The van der Waals surface area contributed by atoms with Crippen LogP contribution >= 0.6 is 23.2 Å². The molecule has 1 heterocycles. The van der Waals surface area contributed by atoms with Gasteiger partial charge in [0.2, 0.25) is 11.7 Å². The lowest BCUT2D eigenvalue weighted by atomic mass is 10.1. The van der Waals surface area contributed by atoms with Crippen LogP contribution in [0, 0.1) is 0 Å². The van der Waals surface area contributed by atoms with E-state index >= 15 is 0 Å². The Labute approximate surface area is 144 Å². The fourth-order valence-corrected chi connectivity index (χ4v) is 2.81. The second kappa shape index (κ2) is 7.13. The summed E-state index contributed by atoms with van der Waals surface area (Å²) in [7, 11) is 0. The van der Waals surface area contributed by atoms with Gasteiger partial charge < -0.3 is 9.84 Å². The number of hydrogen-bond acceptors (Lipinski definition) is 4. The normalized spacial score (nSPS) is 12.3. The summed E-state index contributed by atoms with van der Waals surface area (Å²) >= 11 is 12.1. The van der Waals surface area contributed by atoms with Crippen molar-refractivity contribution in [3.8, 4) is 11.4 Å². The van der Waals surface area contributed by atoms with E-state index in [1.165, 1.54) is 0 Å². The van der Waals surface area contributed by atoms with Crippen LogP contribution in [0.2, 0.25) is 10.0 Å². The number of benzene rings is 2. The average Bonchev–Trinajstić information content (AvgIpc) is 3.02. The molecule has 3 rings (SSSR count). The lowest BCUT2D eigenvalue weighted by molar-refractivity contribution is 0.360. The molecular weight excluding hydrogens is 333 g/mol. The van der Waals surface area contributed by atoms with Crippen molar-refractivity contribution >= 4 is 23.2 Å². The van der Waals surface area contributed by atoms with Crippen molar-refractivity contribution in [2.45, 2.75) is 19.5 Å². The Balaban J connectivity index is 1.65. The molecule has 0 bridgehead atoms. The first kappa shape index (κ1) is 16.0. The summed E-state index contributed by atoms with van der Waals surface area (Å²) in [5, 5.41) is 8.57. The lowest BCUT2D eigenvalue weighted by Gasteiger charge is -2.14. The van der Waals surface area contributed by atoms with Crippen LogP contribution in [0.4, 0.5) is 0 Å². The van der Waals surface area contributed by atoms with Crippen molar-refractivity contribution in [2.75, 3.05) is 0 Å². The minimum atomic E-state index is 0.0341. The van der Waals surface area contributed by atoms with Crippen LogP contribution in [-0.4, -0.2) is 10.1 Å². The third kappa shape index (κ3) is 3.91. The van der Waals surface area contributed by atoms with Crippen LogP contribution in [0.3, 0.4) is 0 Å². The van der Waals surface area contributed by atoms with Crippen LogP contribution < -0.4 is 5.32 Å². The van der Waals surface area contributed by atoms with Crippen LogP contribution in [-0.2, 0) is 6.54 Å². The van der Waals surface area contributed by atoms with E-state index in [1.807, 2.05) is 49.4 Å². The number of rotatable bonds is 5. The average molecular weight is 348 g/mol. The van der Waals surface area contributed by atoms with Gasteiger partial charge in [-0.1, -0.05) is 64.8 Å². The van der Waals surface area contributed by atoms with Gasteiger partial charge in [0.15, 0.2) is 0 Å². The van der Waals surface area contributed by atoms with Crippen molar-refractivity contribution in [2.24, 2.45) is 0 Å². The monoisotopic (exact) mass is 347 g/mol. The topological polar surface area (TPSA) is 51.0 Å². The molecule has 0 spiro atoms. The highest BCUT2D eigenvalue weighted by Gasteiger charge is 2.12. The van der Waals surface area contributed by atoms with E-state index in [9.17, 15) is 0 Å². The molecule has 0 aliphatic carbocycles. The SMILES string of the molecule is C[C@H](NCc1nc(-c2ccccc2)no1)c1ccc(Cl)cc1Cl. The second-order valence-electron chi connectivity index (χ2n) is 5.15. The molecule has 0 radical (unpaired) electrons. The molecule has 0 fully saturated rings. The maximum absolute atomic E-state index is 6.21. The molecule has 2 aromatic carbocycles. The molecule has 23 heavy (non-hydrogen) atoms. The summed E-state index contributed by atoms with van der Waals surface area (Å²) in [6, 6.07) is 15.2. The van der Waals surface area contributed by atoms with Crippen LogP contribution in [0.15, 0.2) is 53.1 Å². The third-order valence-electron chi connectivity index (χ3n) is 3.49. The summed E-state index contributed by atoms with van der Waals surface area (Å²) < 4.78 is 5.28. The largest absolute Gasteiger partial charge is 0.338 e. The van der Waals surface area contributed by atoms with E-state index in [4.69, 9.17) is 27.7 Å². The van der Waals surface area contributed by atoms with Gasteiger partial charge in [-0.15, -0.1) is 0 Å². The van der Waals surface area contributed by atoms with Crippen molar-refractivity contribution in [3.63, 3.8) is 0 Å². The third-order valence-corrected chi connectivity index (χ3v) is 4.05. The van der Waals surface area contributed by atoms with E-state index in [1.54, 1.807) is 6.07 Å². The molecule has 0 unspecified atom stereocenters. The predicted octanol–water partition coefficient (Wildman–Crippen LogP) is 4.89. The van der Waals surface area contributed by atoms with Crippen molar-refractivity contribution < 1.29 is 4.52 Å². The molecule has 1 N–H and O–H groups in total. The number of halogens is 2. The van der Waals surface area contributed by atoms with E-state index < -0.39 is 0 Å². The Morgan fingerprint density at radius 1 is 1.13 bits per heavy atom. The van der Waals surface area contributed by atoms with Gasteiger partial charge >= 0.3 is 0 Å². The zero-order valence-electron chi connectivity index (χ0n) is 12.5. The number of aromatic nitrogens is 2.